The van der Waals surface area contributed by atoms with Gasteiger partial charge in [-0.3, -0.25) is 0 Å². The Morgan fingerprint density at radius 3 is 2.61 bits per heavy atom. The maximum atomic E-state index is 13.8. The van der Waals surface area contributed by atoms with E-state index in [1.807, 2.05) is 12.1 Å². The quantitative estimate of drug-likeness (QED) is 0.809. The van der Waals surface area contributed by atoms with Gasteiger partial charge in [0.2, 0.25) is 0 Å². The van der Waals surface area contributed by atoms with Crippen LogP contribution in [0.15, 0.2) is 36.4 Å². The Kier molecular flexibility index (Phi) is 4.37. The molecule has 0 saturated heterocycles. The van der Waals surface area contributed by atoms with E-state index in [0.717, 1.165) is 54.4 Å². The predicted molar refractivity (Wildman–Crippen MR) is 90.8 cm³/mol. The summed E-state index contributed by atoms with van der Waals surface area (Å²) in [4.78, 5) is 0. The summed E-state index contributed by atoms with van der Waals surface area (Å²) in [5.74, 6) is -0.606. The molecule has 1 aliphatic rings. The Balaban J connectivity index is 2.19. The van der Waals surface area contributed by atoms with Gasteiger partial charge < -0.3 is 10.2 Å². The molecule has 0 spiro atoms. The molecular formula is C20H21FO2. The van der Waals surface area contributed by atoms with Gasteiger partial charge in [0.25, 0.3) is 0 Å². The average molecular weight is 312 g/mol. The van der Waals surface area contributed by atoms with E-state index < -0.39 is 5.82 Å². The van der Waals surface area contributed by atoms with Gasteiger partial charge in [0.05, 0.1) is 0 Å². The average Bonchev–Trinajstić information content (AvgIpc) is 2.70. The number of phenols is 2. The van der Waals surface area contributed by atoms with Gasteiger partial charge in [0.15, 0.2) is 11.6 Å². The van der Waals surface area contributed by atoms with Crippen molar-refractivity contribution in [2.45, 2.75) is 39.0 Å². The zero-order valence-corrected chi connectivity index (χ0v) is 13.3. The van der Waals surface area contributed by atoms with Crippen molar-refractivity contribution in [1.82, 2.24) is 0 Å². The molecule has 3 heteroatoms. The van der Waals surface area contributed by atoms with Gasteiger partial charge >= 0.3 is 0 Å². The van der Waals surface area contributed by atoms with E-state index in [2.05, 4.69) is 6.92 Å². The number of hydrogen-bond donors (Lipinski definition) is 2. The minimum absolute atomic E-state index is 0.290. The van der Waals surface area contributed by atoms with E-state index in [0.29, 0.717) is 5.75 Å². The van der Waals surface area contributed by atoms with Gasteiger partial charge in [-0.05, 0) is 77.8 Å². The summed E-state index contributed by atoms with van der Waals surface area (Å²) in [5.41, 5.74) is 5.53. The van der Waals surface area contributed by atoms with Crippen LogP contribution in [0.1, 0.15) is 49.3 Å². The van der Waals surface area contributed by atoms with Crippen molar-refractivity contribution in [2.75, 3.05) is 0 Å². The maximum Gasteiger partial charge on any atom is 0.165 e. The second-order valence-electron chi connectivity index (χ2n) is 6.07. The number of phenolic OH excluding ortho intramolecular Hbond substituents is 2. The van der Waals surface area contributed by atoms with Gasteiger partial charge in [0.1, 0.15) is 5.75 Å². The van der Waals surface area contributed by atoms with E-state index in [9.17, 15) is 14.6 Å². The zero-order chi connectivity index (χ0) is 16.4. The molecule has 23 heavy (non-hydrogen) atoms. The minimum atomic E-state index is -0.582. The normalized spacial score (nSPS) is 14.5. The minimum Gasteiger partial charge on any atom is -0.508 e. The third kappa shape index (κ3) is 3.09. The van der Waals surface area contributed by atoms with Crippen LogP contribution in [0.5, 0.6) is 11.5 Å². The fourth-order valence-corrected chi connectivity index (χ4v) is 3.40. The van der Waals surface area contributed by atoms with E-state index in [-0.39, 0.29) is 5.75 Å². The van der Waals surface area contributed by atoms with Gasteiger partial charge in [-0.2, -0.15) is 0 Å². The number of halogens is 1. The van der Waals surface area contributed by atoms with Crippen LogP contribution in [0.3, 0.4) is 0 Å². The van der Waals surface area contributed by atoms with Crippen LogP contribution in [0, 0.1) is 5.82 Å². The molecule has 0 unspecified atom stereocenters. The highest BCUT2D eigenvalue weighted by Gasteiger charge is 2.19. The highest BCUT2D eigenvalue weighted by Crippen LogP contribution is 2.39. The molecule has 2 nitrogen and oxygen atoms in total. The molecule has 0 bridgehead atoms. The van der Waals surface area contributed by atoms with E-state index in [1.165, 1.54) is 17.7 Å². The van der Waals surface area contributed by atoms with Gasteiger partial charge in [0, 0.05) is 0 Å². The lowest BCUT2D eigenvalue weighted by atomic mass is 9.90. The summed E-state index contributed by atoms with van der Waals surface area (Å²) in [6, 6.07) is 10.2. The molecule has 2 aromatic carbocycles. The second kappa shape index (κ2) is 6.45. The highest BCUT2D eigenvalue weighted by molar-refractivity contribution is 5.92. The first kappa shape index (κ1) is 15.6. The zero-order valence-electron chi connectivity index (χ0n) is 13.3. The first-order chi connectivity index (χ1) is 11.1. The first-order valence-corrected chi connectivity index (χ1v) is 8.13. The highest BCUT2D eigenvalue weighted by atomic mass is 19.1. The van der Waals surface area contributed by atoms with Crippen LogP contribution in [-0.2, 0) is 6.42 Å². The predicted octanol–water partition coefficient (Wildman–Crippen LogP) is 5.28. The lowest BCUT2D eigenvalue weighted by molar-refractivity contribution is 0.432. The van der Waals surface area contributed by atoms with Crippen molar-refractivity contribution in [1.29, 1.82) is 0 Å². The lowest BCUT2D eigenvalue weighted by Crippen LogP contribution is -1.94. The van der Waals surface area contributed by atoms with Crippen LogP contribution in [-0.4, -0.2) is 10.2 Å². The Morgan fingerprint density at radius 2 is 1.87 bits per heavy atom. The molecule has 0 amide bonds. The third-order valence-corrected chi connectivity index (χ3v) is 4.45. The topological polar surface area (TPSA) is 40.5 Å². The lowest BCUT2D eigenvalue weighted by Gasteiger charge is -2.16. The third-order valence-electron chi connectivity index (χ3n) is 4.45. The van der Waals surface area contributed by atoms with Crippen LogP contribution in [0.25, 0.3) is 11.1 Å². The van der Waals surface area contributed by atoms with Crippen molar-refractivity contribution in [3.63, 3.8) is 0 Å². The number of aromatic hydroxyl groups is 2. The molecule has 0 fully saturated rings. The summed E-state index contributed by atoms with van der Waals surface area (Å²) in [6.07, 6.45) is 4.65. The number of rotatable bonds is 3. The van der Waals surface area contributed by atoms with Gasteiger partial charge in [-0.15, -0.1) is 0 Å². The summed E-state index contributed by atoms with van der Waals surface area (Å²) in [6.45, 7) is 2.13. The van der Waals surface area contributed by atoms with E-state index in [1.54, 1.807) is 12.1 Å². The second-order valence-corrected chi connectivity index (χ2v) is 6.07. The van der Waals surface area contributed by atoms with Crippen molar-refractivity contribution in [2.24, 2.45) is 0 Å². The number of benzene rings is 2. The Hall–Kier alpha value is -2.29. The molecule has 120 valence electrons. The molecule has 0 aromatic heterocycles. The Labute approximate surface area is 135 Å². The number of allylic oxidation sites excluding steroid dienone is 2. The summed E-state index contributed by atoms with van der Waals surface area (Å²) in [7, 11) is 0. The Morgan fingerprint density at radius 1 is 1.04 bits per heavy atom. The van der Waals surface area contributed by atoms with Crippen molar-refractivity contribution >= 4 is 11.1 Å². The largest absolute Gasteiger partial charge is 0.508 e. The monoisotopic (exact) mass is 312 g/mol. The molecular weight excluding hydrogens is 291 g/mol. The SMILES string of the molecule is CCCC1=C(c2ccc(O)c(F)c2)CCCc2cc(O)ccc21. The smallest absolute Gasteiger partial charge is 0.165 e. The van der Waals surface area contributed by atoms with Crippen LogP contribution in [0.4, 0.5) is 4.39 Å². The van der Waals surface area contributed by atoms with Crippen molar-refractivity contribution in [3.8, 4) is 11.5 Å². The number of fused-ring (bicyclic) bond motifs is 1. The summed E-state index contributed by atoms with van der Waals surface area (Å²) < 4.78 is 13.8. The molecule has 0 saturated carbocycles. The fourth-order valence-electron chi connectivity index (χ4n) is 3.40. The summed E-state index contributed by atoms with van der Waals surface area (Å²) >= 11 is 0. The van der Waals surface area contributed by atoms with Crippen LogP contribution in [0.2, 0.25) is 0 Å². The molecule has 0 radical (unpaired) electrons. The summed E-state index contributed by atoms with van der Waals surface area (Å²) in [5, 5.41) is 19.2. The fraction of sp³-hybridized carbons (Fsp3) is 0.300. The van der Waals surface area contributed by atoms with Crippen LogP contribution < -0.4 is 0 Å². The molecule has 2 aromatic rings. The molecule has 2 N–H and O–H groups in total. The van der Waals surface area contributed by atoms with Gasteiger partial charge in [-0.1, -0.05) is 25.5 Å². The first-order valence-electron chi connectivity index (χ1n) is 8.13. The molecule has 3 rings (SSSR count). The molecule has 1 aliphatic carbocycles. The molecule has 0 atom stereocenters. The van der Waals surface area contributed by atoms with E-state index >= 15 is 0 Å². The van der Waals surface area contributed by atoms with Crippen molar-refractivity contribution in [3.05, 3.63) is 58.9 Å². The molecule has 0 heterocycles. The number of hydrogen-bond acceptors (Lipinski definition) is 2. The number of aryl methyl sites for hydroxylation is 1. The maximum absolute atomic E-state index is 13.8. The van der Waals surface area contributed by atoms with Crippen LogP contribution >= 0.6 is 0 Å². The molecule has 0 aliphatic heterocycles. The van der Waals surface area contributed by atoms with E-state index in [4.69, 9.17) is 0 Å². The standard InChI is InChI=1S/C20H21FO2/c1-2-4-18-16(14-7-10-20(23)19(21)12-14)6-3-5-13-11-15(22)8-9-17(13)18/h7-12,22-23H,2-6H2,1H3. The van der Waals surface area contributed by atoms with Crippen molar-refractivity contribution < 1.29 is 14.6 Å². The Bertz CT molecular complexity index is 762. The van der Waals surface area contributed by atoms with Gasteiger partial charge in [-0.25, -0.2) is 4.39 Å².